The smallest absolute Gasteiger partial charge is 0.0444 e. The fourth-order valence-corrected chi connectivity index (χ4v) is 2.14. The molecule has 0 aromatic carbocycles. The van der Waals surface area contributed by atoms with E-state index in [0.717, 1.165) is 6.42 Å². The van der Waals surface area contributed by atoms with Crippen molar-refractivity contribution >= 4 is 12.2 Å². The zero-order valence-electron chi connectivity index (χ0n) is 11.0. The van der Waals surface area contributed by atoms with Gasteiger partial charge in [-0.15, -0.1) is 0 Å². The van der Waals surface area contributed by atoms with Crippen LogP contribution in [0.2, 0.25) is 0 Å². The Morgan fingerprint density at radius 3 is 2.06 bits per heavy atom. The maximum Gasteiger partial charge on any atom is 0.0444 e. The summed E-state index contributed by atoms with van der Waals surface area (Å²) in [5.41, 5.74) is 5.24. The molecule has 1 rings (SSSR count). The summed E-state index contributed by atoms with van der Waals surface area (Å²) in [6.45, 7) is 11.8. The van der Waals surface area contributed by atoms with E-state index in [1.807, 2.05) is 12.2 Å². The molecule has 0 atom stereocenters. The molecule has 1 heterocycles. The van der Waals surface area contributed by atoms with Gasteiger partial charge in [0, 0.05) is 18.4 Å². The number of allylic oxidation sites excluding steroid dienone is 4. The van der Waals surface area contributed by atoms with Gasteiger partial charge in [-0.1, -0.05) is 44.4 Å². The molecule has 0 fully saturated rings. The van der Waals surface area contributed by atoms with Crippen LogP contribution in [0.1, 0.15) is 29.4 Å². The summed E-state index contributed by atoms with van der Waals surface area (Å²) in [5, 5.41) is 0. The van der Waals surface area contributed by atoms with Crippen LogP contribution in [0.4, 0.5) is 0 Å². The second kappa shape index (κ2) is 6.09. The van der Waals surface area contributed by atoms with Crippen LogP contribution in [0.25, 0.3) is 12.2 Å². The Morgan fingerprint density at radius 2 is 1.59 bits per heavy atom. The standard InChI is InChI=1S/C16H21N/c1-6-9-11-15-13(4)14(8-3)16(17(15)5)12-10-7-2/h6-7,9-12H,1-2,8H2,3-5H3/b11-9-,12-10-. The van der Waals surface area contributed by atoms with E-state index >= 15 is 0 Å². The molecular formula is C16H21N. The highest BCUT2D eigenvalue weighted by atomic mass is 15.0. The summed E-state index contributed by atoms with van der Waals surface area (Å²) in [6, 6.07) is 0. The van der Waals surface area contributed by atoms with Crippen molar-refractivity contribution < 1.29 is 0 Å². The average Bonchev–Trinajstić information content (AvgIpc) is 2.55. The topological polar surface area (TPSA) is 4.93 Å². The van der Waals surface area contributed by atoms with Crippen LogP contribution < -0.4 is 0 Å². The first kappa shape index (κ1) is 13.3. The fourth-order valence-electron chi connectivity index (χ4n) is 2.14. The minimum atomic E-state index is 1.04. The van der Waals surface area contributed by atoms with Gasteiger partial charge in [-0.25, -0.2) is 0 Å². The van der Waals surface area contributed by atoms with Gasteiger partial charge in [0.05, 0.1) is 0 Å². The predicted molar refractivity (Wildman–Crippen MR) is 78.0 cm³/mol. The first-order valence-corrected chi connectivity index (χ1v) is 5.93. The van der Waals surface area contributed by atoms with Crippen LogP contribution in [0.3, 0.4) is 0 Å². The van der Waals surface area contributed by atoms with E-state index in [-0.39, 0.29) is 0 Å². The number of hydrogen-bond donors (Lipinski definition) is 0. The Labute approximate surface area is 104 Å². The lowest BCUT2D eigenvalue weighted by Gasteiger charge is -2.01. The van der Waals surface area contributed by atoms with E-state index in [1.54, 1.807) is 12.2 Å². The molecule has 0 bridgehead atoms. The molecule has 0 aliphatic rings. The number of hydrogen-bond acceptors (Lipinski definition) is 0. The molecule has 1 nitrogen and oxygen atoms in total. The summed E-state index contributed by atoms with van der Waals surface area (Å²) in [7, 11) is 2.09. The van der Waals surface area contributed by atoms with Crippen molar-refractivity contribution in [2.24, 2.45) is 7.05 Å². The van der Waals surface area contributed by atoms with E-state index in [9.17, 15) is 0 Å². The third-order valence-corrected chi connectivity index (χ3v) is 3.00. The first-order valence-electron chi connectivity index (χ1n) is 5.93. The maximum atomic E-state index is 3.72. The van der Waals surface area contributed by atoms with Gasteiger partial charge in [-0.05, 0) is 36.6 Å². The molecule has 1 aromatic heterocycles. The van der Waals surface area contributed by atoms with Crippen LogP contribution in [0, 0.1) is 6.92 Å². The molecule has 0 amide bonds. The predicted octanol–water partition coefficient (Wildman–Crippen LogP) is 4.29. The van der Waals surface area contributed by atoms with Gasteiger partial charge in [0.15, 0.2) is 0 Å². The largest absolute Gasteiger partial charge is 0.344 e. The molecular weight excluding hydrogens is 206 g/mol. The van der Waals surface area contributed by atoms with E-state index < -0.39 is 0 Å². The fraction of sp³-hybridized carbons (Fsp3) is 0.250. The highest BCUT2D eigenvalue weighted by molar-refractivity contribution is 5.63. The summed E-state index contributed by atoms with van der Waals surface area (Å²) in [5.74, 6) is 0. The Kier molecular flexibility index (Phi) is 4.77. The second-order valence-corrected chi connectivity index (χ2v) is 3.98. The average molecular weight is 227 g/mol. The molecule has 0 unspecified atom stereocenters. The third kappa shape index (κ3) is 2.68. The van der Waals surface area contributed by atoms with Gasteiger partial charge < -0.3 is 4.57 Å². The Hall–Kier alpha value is -1.76. The molecule has 1 aromatic rings. The van der Waals surface area contributed by atoms with Crippen molar-refractivity contribution in [3.8, 4) is 0 Å². The van der Waals surface area contributed by atoms with Gasteiger partial charge in [-0.2, -0.15) is 0 Å². The molecule has 0 aliphatic carbocycles. The summed E-state index contributed by atoms with van der Waals surface area (Å²) < 4.78 is 2.22. The number of nitrogens with zero attached hydrogens (tertiary/aromatic N) is 1. The van der Waals surface area contributed by atoms with Gasteiger partial charge in [-0.3, -0.25) is 0 Å². The van der Waals surface area contributed by atoms with Crippen molar-refractivity contribution in [2.45, 2.75) is 20.3 Å². The lowest BCUT2D eigenvalue weighted by molar-refractivity contribution is 0.892. The molecule has 0 saturated carbocycles. The molecule has 0 radical (unpaired) electrons. The lowest BCUT2D eigenvalue weighted by Crippen LogP contribution is -1.94. The molecule has 90 valence electrons. The van der Waals surface area contributed by atoms with E-state index in [1.165, 1.54) is 22.5 Å². The zero-order chi connectivity index (χ0) is 12.8. The lowest BCUT2D eigenvalue weighted by atomic mass is 10.1. The van der Waals surface area contributed by atoms with Crippen molar-refractivity contribution in [2.75, 3.05) is 0 Å². The molecule has 0 spiro atoms. The summed E-state index contributed by atoms with van der Waals surface area (Å²) in [6.07, 6.45) is 12.8. The Bertz CT molecular complexity index is 470. The highest BCUT2D eigenvalue weighted by Crippen LogP contribution is 2.24. The zero-order valence-corrected chi connectivity index (χ0v) is 11.0. The highest BCUT2D eigenvalue weighted by Gasteiger charge is 2.12. The van der Waals surface area contributed by atoms with Crippen molar-refractivity contribution in [1.29, 1.82) is 0 Å². The normalized spacial score (nSPS) is 11.5. The SMILES string of the molecule is C=C/C=C\c1c(C)c(CC)c(/C=C\C=C)n1C. The Morgan fingerprint density at radius 1 is 1.06 bits per heavy atom. The van der Waals surface area contributed by atoms with Gasteiger partial charge in [0.25, 0.3) is 0 Å². The first-order chi connectivity index (χ1) is 8.17. The summed E-state index contributed by atoms with van der Waals surface area (Å²) in [4.78, 5) is 0. The number of rotatable bonds is 5. The number of aromatic nitrogens is 1. The van der Waals surface area contributed by atoms with Gasteiger partial charge in [0.2, 0.25) is 0 Å². The van der Waals surface area contributed by atoms with Crippen LogP contribution in [0.15, 0.2) is 37.5 Å². The van der Waals surface area contributed by atoms with Gasteiger partial charge in [0.1, 0.15) is 0 Å². The molecule has 0 saturated heterocycles. The Balaban J connectivity index is 3.39. The third-order valence-electron chi connectivity index (χ3n) is 3.00. The van der Waals surface area contributed by atoms with Gasteiger partial charge >= 0.3 is 0 Å². The minimum Gasteiger partial charge on any atom is -0.344 e. The second-order valence-electron chi connectivity index (χ2n) is 3.98. The summed E-state index contributed by atoms with van der Waals surface area (Å²) >= 11 is 0. The molecule has 0 aliphatic heterocycles. The molecule has 1 heteroatoms. The van der Waals surface area contributed by atoms with Crippen molar-refractivity contribution in [3.63, 3.8) is 0 Å². The quantitative estimate of drug-likeness (QED) is 0.661. The van der Waals surface area contributed by atoms with E-state index in [0.29, 0.717) is 0 Å². The van der Waals surface area contributed by atoms with Crippen LogP contribution in [-0.4, -0.2) is 4.57 Å². The van der Waals surface area contributed by atoms with Crippen LogP contribution >= 0.6 is 0 Å². The van der Waals surface area contributed by atoms with Crippen molar-refractivity contribution in [1.82, 2.24) is 4.57 Å². The van der Waals surface area contributed by atoms with E-state index in [4.69, 9.17) is 0 Å². The van der Waals surface area contributed by atoms with Crippen molar-refractivity contribution in [3.05, 3.63) is 60.0 Å². The van der Waals surface area contributed by atoms with E-state index in [2.05, 4.69) is 50.8 Å². The van der Waals surface area contributed by atoms with Crippen LogP contribution in [0.5, 0.6) is 0 Å². The maximum absolute atomic E-state index is 3.72. The molecule has 17 heavy (non-hydrogen) atoms. The van der Waals surface area contributed by atoms with Crippen LogP contribution in [-0.2, 0) is 13.5 Å². The minimum absolute atomic E-state index is 1.04. The monoisotopic (exact) mass is 227 g/mol. The molecule has 0 N–H and O–H groups in total.